The largest absolute Gasteiger partial charge is 0.496 e. The van der Waals surface area contributed by atoms with Crippen molar-refractivity contribution in [2.75, 3.05) is 7.11 Å². The van der Waals surface area contributed by atoms with Gasteiger partial charge in [-0.05, 0) is 58.5 Å². The van der Waals surface area contributed by atoms with Gasteiger partial charge in [0.1, 0.15) is 17.4 Å². The van der Waals surface area contributed by atoms with Crippen molar-refractivity contribution >= 4 is 27.9 Å². The summed E-state index contributed by atoms with van der Waals surface area (Å²) in [5.74, 6) is 0.877. The van der Waals surface area contributed by atoms with E-state index in [2.05, 4.69) is 28.2 Å². The number of rotatable bonds is 4. The predicted octanol–water partition coefficient (Wildman–Crippen LogP) is 4.06. The molecule has 0 unspecified atom stereocenters. The van der Waals surface area contributed by atoms with Crippen LogP contribution in [0.2, 0.25) is 0 Å². The molecule has 1 aliphatic rings. The molecular weight excluding hydrogens is 356 g/mol. The maximum absolute atomic E-state index is 12.4. The minimum Gasteiger partial charge on any atom is -0.496 e. The molecule has 4 nitrogen and oxygen atoms in total. The second kappa shape index (κ2) is 8.16. The van der Waals surface area contributed by atoms with Gasteiger partial charge in [0.15, 0.2) is 0 Å². The van der Waals surface area contributed by atoms with E-state index in [1.165, 1.54) is 6.42 Å². The van der Waals surface area contributed by atoms with E-state index in [0.717, 1.165) is 29.3 Å². The minimum atomic E-state index is -0.293. The molecule has 0 radical (unpaired) electrons. The summed E-state index contributed by atoms with van der Waals surface area (Å²) in [5, 5.41) is 12.3. The van der Waals surface area contributed by atoms with Crippen molar-refractivity contribution in [3.05, 3.63) is 33.8 Å². The molecule has 0 aromatic heterocycles. The molecule has 0 saturated heterocycles. The van der Waals surface area contributed by atoms with Crippen LogP contribution < -0.4 is 10.1 Å². The number of hydrogen-bond donors (Lipinski definition) is 1. The summed E-state index contributed by atoms with van der Waals surface area (Å²) in [6.45, 7) is 2.15. The molecule has 0 heterocycles. The Balaban J connectivity index is 2.13. The van der Waals surface area contributed by atoms with Crippen molar-refractivity contribution in [3.63, 3.8) is 0 Å². The Morgan fingerprint density at radius 3 is 2.78 bits per heavy atom. The van der Waals surface area contributed by atoms with Gasteiger partial charge in [0, 0.05) is 6.04 Å². The first kappa shape index (κ1) is 17.6. The number of benzene rings is 1. The molecule has 2 atom stereocenters. The highest BCUT2D eigenvalue weighted by Crippen LogP contribution is 2.27. The Labute approximate surface area is 145 Å². The van der Waals surface area contributed by atoms with Crippen molar-refractivity contribution in [3.8, 4) is 11.8 Å². The van der Waals surface area contributed by atoms with Crippen LogP contribution in [0.5, 0.6) is 5.75 Å². The number of nitriles is 1. The average molecular weight is 377 g/mol. The van der Waals surface area contributed by atoms with E-state index >= 15 is 0 Å². The van der Waals surface area contributed by atoms with Crippen LogP contribution in [0.15, 0.2) is 28.2 Å². The maximum Gasteiger partial charge on any atom is 0.262 e. The van der Waals surface area contributed by atoms with Crippen molar-refractivity contribution < 1.29 is 9.53 Å². The van der Waals surface area contributed by atoms with Crippen molar-refractivity contribution in [1.29, 1.82) is 5.26 Å². The number of amides is 1. The molecule has 1 aromatic rings. The summed E-state index contributed by atoms with van der Waals surface area (Å²) in [6.07, 6.45) is 6.06. The number of hydrogen-bond acceptors (Lipinski definition) is 3. The number of ether oxygens (including phenoxy) is 1. The lowest BCUT2D eigenvalue weighted by Gasteiger charge is -2.29. The van der Waals surface area contributed by atoms with E-state index in [1.807, 2.05) is 18.2 Å². The average Bonchev–Trinajstić information content (AvgIpc) is 2.54. The topological polar surface area (TPSA) is 62.1 Å². The number of methoxy groups -OCH3 is 1. The first-order valence-corrected chi connectivity index (χ1v) is 8.60. The third kappa shape index (κ3) is 4.59. The van der Waals surface area contributed by atoms with Gasteiger partial charge in [-0.2, -0.15) is 5.26 Å². The van der Waals surface area contributed by atoms with E-state index in [1.54, 1.807) is 19.3 Å². The molecule has 1 fully saturated rings. The highest BCUT2D eigenvalue weighted by atomic mass is 79.9. The van der Waals surface area contributed by atoms with Crippen LogP contribution in [0.4, 0.5) is 0 Å². The molecule has 23 heavy (non-hydrogen) atoms. The van der Waals surface area contributed by atoms with Crippen LogP contribution in [-0.2, 0) is 4.79 Å². The molecule has 122 valence electrons. The van der Waals surface area contributed by atoms with Gasteiger partial charge in [-0.15, -0.1) is 0 Å². The molecule has 1 aromatic carbocycles. The summed E-state index contributed by atoms with van der Waals surface area (Å²) in [5.41, 5.74) is 0.904. The van der Waals surface area contributed by atoms with Gasteiger partial charge in [0.05, 0.1) is 11.6 Å². The fraction of sp³-hybridized carbons (Fsp3) is 0.444. The monoisotopic (exact) mass is 376 g/mol. The Bertz CT molecular complexity index is 649. The Kier molecular flexibility index (Phi) is 6.23. The number of carbonyl (C=O) groups is 1. The van der Waals surface area contributed by atoms with Crippen LogP contribution in [0.25, 0.3) is 6.08 Å². The lowest BCUT2D eigenvalue weighted by Crippen LogP contribution is -2.41. The van der Waals surface area contributed by atoms with Gasteiger partial charge < -0.3 is 10.1 Å². The first-order chi connectivity index (χ1) is 11.0. The molecule has 5 heteroatoms. The number of carbonyl (C=O) groups excluding carboxylic acids is 1. The van der Waals surface area contributed by atoms with Crippen molar-refractivity contribution in [1.82, 2.24) is 5.32 Å². The zero-order valence-electron chi connectivity index (χ0n) is 13.4. The highest BCUT2D eigenvalue weighted by Gasteiger charge is 2.24. The summed E-state index contributed by atoms with van der Waals surface area (Å²) >= 11 is 3.41. The number of halogens is 1. The van der Waals surface area contributed by atoms with Gasteiger partial charge in [-0.25, -0.2) is 0 Å². The summed E-state index contributed by atoms with van der Waals surface area (Å²) in [4.78, 5) is 12.4. The van der Waals surface area contributed by atoms with Gasteiger partial charge in [-0.3, -0.25) is 4.79 Å². The zero-order valence-corrected chi connectivity index (χ0v) is 15.0. The van der Waals surface area contributed by atoms with E-state index in [4.69, 9.17) is 4.74 Å². The summed E-state index contributed by atoms with van der Waals surface area (Å²) in [7, 11) is 1.59. The van der Waals surface area contributed by atoms with Gasteiger partial charge in [-0.1, -0.05) is 25.8 Å². The molecule has 1 amide bonds. The van der Waals surface area contributed by atoms with E-state index in [-0.39, 0.29) is 17.5 Å². The van der Waals surface area contributed by atoms with Crippen LogP contribution in [0, 0.1) is 17.2 Å². The molecule has 0 spiro atoms. The maximum atomic E-state index is 12.4. The molecule has 1 N–H and O–H groups in total. The Morgan fingerprint density at radius 2 is 2.17 bits per heavy atom. The van der Waals surface area contributed by atoms with Crippen molar-refractivity contribution in [2.45, 2.75) is 38.6 Å². The van der Waals surface area contributed by atoms with Gasteiger partial charge in [0.2, 0.25) is 0 Å². The number of nitrogens with one attached hydrogen (secondary N) is 1. The Hall–Kier alpha value is -1.80. The predicted molar refractivity (Wildman–Crippen MR) is 93.8 cm³/mol. The lowest BCUT2D eigenvalue weighted by atomic mass is 9.86. The second-order valence-corrected chi connectivity index (χ2v) is 6.76. The zero-order chi connectivity index (χ0) is 16.8. The number of nitrogens with zero attached hydrogens (tertiary/aromatic N) is 1. The first-order valence-electron chi connectivity index (χ1n) is 7.81. The highest BCUT2D eigenvalue weighted by molar-refractivity contribution is 9.10. The van der Waals surface area contributed by atoms with Crippen LogP contribution in [0.1, 0.15) is 38.2 Å². The van der Waals surface area contributed by atoms with E-state index < -0.39 is 0 Å². The molecule has 1 saturated carbocycles. The van der Waals surface area contributed by atoms with Crippen molar-refractivity contribution in [2.24, 2.45) is 5.92 Å². The van der Waals surface area contributed by atoms with Crippen LogP contribution in [0.3, 0.4) is 0 Å². The standard InChI is InChI=1S/C18H21BrN2O2/c1-12-5-3-4-6-16(12)21-18(22)14(11-20)9-13-7-8-17(23-2)15(19)10-13/h7-10,12,16H,3-6H2,1-2H3,(H,21,22)/b14-9+/t12-,16-/m0/s1. The third-order valence-corrected chi connectivity index (χ3v) is 4.90. The van der Waals surface area contributed by atoms with Crippen LogP contribution in [-0.4, -0.2) is 19.1 Å². The molecule has 1 aliphatic carbocycles. The molecule has 0 aliphatic heterocycles. The summed E-state index contributed by atoms with van der Waals surface area (Å²) in [6, 6.07) is 7.61. The molecular formula is C18H21BrN2O2. The minimum absolute atomic E-state index is 0.125. The lowest BCUT2D eigenvalue weighted by molar-refractivity contribution is -0.118. The van der Waals surface area contributed by atoms with Gasteiger partial charge in [0.25, 0.3) is 5.91 Å². The normalized spacial score (nSPS) is 21.4. The molecule has 0 bridgehead atoms. The second-order valence-electron chi connectivity index (χ2n) is 5.91. The third-order valence-electron chi connectivity index (χ3n) is 4.28. The quantitative estimate of drug-likeness (QED) is 0.636. The van der Waals surface area contributed by atoms with Crippen LogP contribution >= 0.6 is 15.9 Å². The summed E-state index contributed by atoms with van der Waals surface area (Å²) < 4.78 is 5.96. The van der Waals surface area contributed by atoms with E-state index in [9.17, 15) is 10.1 Å². The van der Waals surface area contributed by atoms with E-state index in [0.29, 0.717) is 11.7 Å². The SMILES string of the molecule is COc1ccc(/C=C(\C#N)C(=O)N[C@H]2CCCC[C@@H]2C)cc1Br. The fourth-order valence-electron chi connectivity index (χ4n) is 2.86. The fourth-order valence-corrected chi connectivity index (χ4v) is 3.42. The molecule has 2 rings (SSSR count). The van der Waals surface area contributed by atoms with Gasteiger partial charge >= 0.3 is 0 Å². The Morgan fingerprint density at radius 1 is 1.43 bits per heavy atom. The smallest absolute Gasteiger partial charge is 0.262 e.